The lowest BCUT2D eigenvalue weighted by molar-refractivity contribution is -0.148. The van der Waals surface area contributed by atoms with E-state index in [0.29, 0.717) is 22.9 Å². The molecule has 0 spiro atoms. The molecule has 0 unspecified atom stereocenters. The van der Waals surface area contributed by atoms with Crippen LogP contribution in [-0.2, 0) is 20.9 Å². The van der Waals surface area contributed by atoms with Gasteiger partial charge in [0.05, 0.1) is 0 Å². The molecule has 1 atom stereocenters. The Morgan fingerprint density at radius 1 is 1.32 bits per heavy atom. The van der Waals surface area contributed by atoms with Crippen LogP contribution in [0.4, 0.5) is 4.79 Å². The molecule has 9 nitrogen and oxygen atoms in total. The van der Waals surface area contributed by atoms with Gasteiger partial charge in [0.1, 0.15) is 30.0 Å². The van der Waals surface area contributed by atoms with Crippen LogP contribution in [0, 0.1) is 6.92 Å². The van der Waals surface area contributed by atoms with Crippen LogP contribution in [-0.4, -0.2) is 40.0 Å². The number of hydrogen-bond acceptors (Lipinski definition) is 7. The van der Waals surface area contributed by atoms with Crippen molar-refractivity contribution in [1.82, 2.24) is 10.2 Å². The van der Waals surface area contributed by atoms with Crippen molar-refractivity contribution in [1.29, 1.82) is 0 Å². The van der Waals surface area contributed by atoms with E-state index in [1.807, 2.05) is 0 Å². The van der Waals surface area contributed by atoms with Crippen LogP contribution in [0.3, 0.4) is 0 Å². The summed E-state index contributed by atoms with van der Waals surface area (Å²) in [6.45, 7) is 4.16. The minimum atomic E-state index is -1.04. The summed E-state index contributed by atoms with van der Waals surface area (Å²) in [4.78, 5) is 49.1. The number of fused-ring (bicyclic) bond motifs is 1. The van der Waals surface area contributed by atoms with Crippen molar-refractivity contribution in [2.24, 2.45) is 0 Å². The van der Waals surface area contributed by atoms with Crippen molar-refractivity contribution in [2.45, 2.75) is 39.3 Å². The van der Waals surface area contributed by atoms with Crippen LogP contribution in [0.2, 0.25) is 0 Å². The third kappa shape index (κ3) is 3.30. The fraction of sp³-hybridized carbons (Fsp3) is 0.368. The van der Waals surface area contributed by atoms with Gasteiger partial charge in [-0.25, -0.2) is 9.59 Å². The molecule has 1 saturated heterocycles. The summed E-state index contributed by atoms with van der Waals surface area (Å²) in [5.41, 5.74) is -0.712. The maximum Gasteiger partial charge on any atom is 0.336 e. The van der Waals surface area contributed by atoms with Crippen LogP contribution in [0.5, 0.6) is 5.75 Å². The van der Waals surface area contributed by atoms with Gasteiger partial charge in [-0.2, -0.15) is 0 Å². The molecule has 2 aromatic rings. The van der Waals surface area contributed by atoms with Crippen molar-refractivity contribution in [3.05, 3.63) is 39.7 Å². The topological polar surface area (TPSA) is 126 Å². The van der Waals surface area contributed by atoms with Gasteiger partial charge in [0.15, 0.2) is 0 Å². The van der Waals surface area contributed by atoms with Crippen LogP contribution >= 0.6 is 0 Å². The van der Waals surface area contributed by atoms with Crippen LogP contribution in [0.1, 0.15) is 31.4 Å². The third-order valence-electron chi connectivity index (χ3n) is 4.95. The number of nitrogens with zero attached hydrogens (tertiary/aromatic N) is 1. The smallest absolute Gasteiger partial charge is 0.336 e. The number of phenolic OH excluding ortho intramolecular Hbond substituents is 1. The maximum atomic E-state index is 12.3. The minimum absolute atomic E-state index is 0.0256. The lowest BCUT2D eigenvalue weighted by Crippen LogP contribution is -2.43. The van der Waals surface area contributed by atoms with E-state index in [1.54, 1.807) is 26.8 Å². The Balaban J connectivity index is 1.75. The number of nitrogens with one attached hydrogen (secondary N) is 1. The fourth-order valence-corrected chi connectivity index (χ4v) is 3.00. The largest absolute Gasteiger partial charge is 0.508 e. The summed E-state index contributed by atoms with van der Waals surface area (Å²) in [6, 6.07) is 3.53. The Morgan fingerprint density at radius 2 is 2.04 bits per heavy atom. The highest BCUT2D eigenvalue weighted by molar-refractivity contribution is 6.08. The maximum absolute atomic E-state index is 12.3. The first-order valence-corrected chi connectivity index (χ1v) is 8.71. The Kier molecular flexibility index (Phi) is 4.84. The number of aromatic hydroxyl groups is 1. The van der Waals surface area contributed by atoms with Gasteiger partial charge in [0, 0.05) is 22.6 Å². The normalized spacial score (nSPS) is 19.2. The zero-order valence-corrected chi connectivity index (χ0v) is 15.7. The number of phenols is 1. The first kappa shape index (κ1) is 19.4. The predicted molar refractivity (Wildman–Crippen MR) is 97.6 cm³/mol. The molecule has 0 radical (unpaired) electrons. The van der Waals surface area contributed by atoms with E-state index in [0.717, 1.165) is 4.90 Å². The monoisotopic (exact) mass is 388 g/mol. The second kappa shape index (κ2) is 6.99. The van der Waals surface area contributed by atoms with Gasteiger partial charge in [0.25, 0.3) is 5.91 Å². The fourth-order valence-electron chi connectivity index (χ4n) is 3.00. The van der Waals surface area contributed by atoms with Crippen LogP contribution < -0.4 is 10.9 Å². The molecule has 2 N–H and O–H groups in total. The molecular weight excluding hydrogens is 368 g/mol. The van der Waals surface area contributed by atoms with Gasteiger partial charge in [-0.15, -0.1) is 0 Å². The lowest BCUT2D eigenvalue weighted by atomic mass is 9.99. The summed E-state index contributed by atoms with van der Waals surface area (Å²) in [5.74, 6) is -1.31. The summed E-state index contributed by atoms with van der Waals surface area (Å²) in [5, 5.41) is 12.8. The molecule has 1 aliphatic heterocycles. The van der Waals surface area contributed by atoms with Crippen molar-refractivity contribution in [3.63, 3.8) is 0 Å². The molecule has 1 aromatic carbocycles. The van der Waals surface area contributed by atoms with E-state index in [9.17, 15) is 24.3 Å². The van der Waals surface area contributed by atoms with Crippen molar-refractivity contribution >= 4 is 28.9 Å². The number of rotatable bonds is 5. The molecule has 3 rings (SSSR count). The predicted octanol–water partition coefficient (Wildman–Crippen LogP) is 1.57. The molecular formula is C19H20N2O7. The van der Waals surface area contributed by atoms with Crippen LogP contribution in [0.25, 0.3) is 11.0 Å². The van der Waals surface area contributed by atoms with Gasteiger partial charge in [-0.1, -0.05) is 6.92 Å². The van der Waals surface area contributed by atoms with E-state index in [2.05, 4.69) is 5.32 Å². The Labute approximate surface area is 159 Å². The highest BCUT2D eigenvalue weighted by atomic mass is 16.5. The number of imide groups is 1. The second-order valence-electron chi connectivity index (χ2n) is 6.84. The van der Waals surface area contributed by atoms with Gasteiger partial charge in [-0.3, -0.25) is 14.5 Å². The van der Waals surface area contributed by atoms with E-state index >= 15 is 0 Å². The number of esters is 1. The molecule has 1 aliphatic rings. The van der Waals surface area contributed by atoms with E-state index in [1.165, 1.54) is 12.1 Å². The molecule has 2 heterocycles. The number of carbonyl (C=O) groups excluding carboxylic acids is 3. The highest BCUT2D eigenvalue weighted by Gasteiger charge is 2.47. The zero-order valence-electron chi connectivity index (χ0n) is 15.7. The second-order valence-corrected chi connectivity index (χ2v) is 6.84. The van der Waals surface area contributed by atoms with E-state index < -0.39 is 35.6 Å². The molecule has 1 fully saturated rings. The summed E-state index contributed by atoms with van der Waals surface area (Å²) in [6.07, 6.45) is 0.390. The SMILES string of the molecule is CC[C@@]1(C)NC(=O)N(CC(=O)OCc2cc(=O)oc3c(C)c(O)ccc23)C1=O. The van der Waals surface area contributed by atoms with Gasteiger partial charge in [0.2, 0.25) is 0 Å². The molecule has 9 heteroatoms. The first-order chi connectivity index (χ1) is 13.2. The molecule has 3 amide bonds. The summed E-state index contributed by atoms with van der Waals surface area (Å²) < 4.78 is 10.3. The van der Waals surface area contributed by atoms with E-state index in [-0.39, 0.29) is 17.9 Å². The number of benzene rings is 1. The standard InChI is InChI=1S/C19H20N2O7/c1-4-19(3)17(25)21(18(26)20-19)8-15(24)27-9-11-7-14(23)28-16-10(2)13(22)6-5-12(11)16/h5-7,22H,4,8-9H2,1-3H3,(H,20,26)/t19-/m1/s1. The van der Waals surface area contributed by atoms with Gasteiger partial charge in [-0.05, 0) is 32.4 Å². The summed E-state index contributed by atoms with van der Waals surface area (Å²) in [7, 11) is 0. The lowest BCUT2D eigenvalue weighted by Gasteiger charge is -2.18. The molecule has 0 saturated carbocycles. The van der Waals surface area contributed by atoms with Gasteiger partial charge >= 0.3 is 17.6 Å². The Morgan fingerprint density at radius 3 is 2.68 bits per heavy atom. The molecule has 148 valence electrons. The Bertz CT molecular complexity index is 1040. The number of carbonyl (C=O) groups is 3. The third-order valence-corrected chi connectivity index (χ3v) is 4.95. The molecule has 28 heavy (non-hydrogen) atoms. The molecule has 1 aromatic heterocycles. The molecule has 0 aliphatic carbocycles. The first-order valence-electron chi connectivity index (χ1n) is 8.71. The number of aryl methyl sites for hydroxylation is 1. The average Bonchev–Trinajstić information content (AvgIpc) is 2.87. The van der Waals surface area contributed by atoms with Crippen LogP contribution in [0.15, 0.2) is 27.4 Å². The molecule has 0 bridgehead atoms. The van der Waals surface area contributed by atoms with Crippen molar-refractivity contribution < 1.29 is 28.6 Å². The summed E-state index contributed by atoms with van der Waals surface area (Å²) >= 11 is 0. The number of urea groups is 1. The number of amides is 3. The zero-order chi connectivity index (χ0) is 20.6. The van der Waals surface area contributed by atoms with Gasteiger partial charge < -0.3 is 19.6 Å². The number of ether oxygens (including phenoxy) is 1. The quantitative estimate of drug-likeness (QED) is 0.452. The van der Waals surface area contributed by atoms with Crippen molar-refractivity contribution in [3.8, 4) is 5.75 Å². The highest BCUT2D eigenvalue weighted by Crippen LogP contribution is 2.27. The minimum Gasteiger partial charge on any atom is -0.508 e. The van der Waals surface area contributed by atoms with Crippen molar-refractivity contribution in [2.75, 3.05) is 6.54 Å². The van der Waals surface area contributed by atoms with E-state index in [4.69, 9.17) is 9.15 Å². The Hall–Kier alpha value is -3.36. The number of hydrogen-bond donors (Lipinski definition) is 2. The average molecular weight is 388 g/mol.